The van der Waals surface area contributed by atoms with Crippen molar-refractivity contribution in [2.45, 2.75) is 145 Å². The minimum atomic E-state index is -1.04. The monoisotopic (exact) mass is 930 g/mol. The van der Waals surface area contributed by atoms with Gasteiger partial charge in [0.15, 0.2) is 34.8 Å². The largest absolute Gasteiger partial charge is 0.403 e. The van der Waals surface area contributed by atoms with Gasteiger partial charge < -0.3 is 37.9 Å². The van der Waals surface area contributed by atoms with E-state index in [1.807, 2.05) is 0 Å². The van der Waals surface area contributed by atoms with Gasteiger partial charge in [-0.2, -0.15) is 18.6 Å². The average molecular weight is 931 g/mol. The third-order valence-corrected chi connectivity index (χ3v) is 20.6. The van der Waals surface area contributed by atoms with Crippen molar-refractivity contribution in [1.82, 2.24) is 9.47 Å². The topological polar surface area (TPSA) is 137 Å². The molecule has 0 amide bonds. The predicted molar refractivity (Wildman–Crippen MR) is 243 cm³/mol. The summed E-state index contributed by atoms with van der Waals surface area (Å²) in [5.74, 6) is 4.56. The molecule has 8 bridgehead atoms. The Hall–Kier alpha value is -4.26. The first kappa shape index (κ1) is 37.5. The van der Waals surface area contributed by atoms with Crippen LogP contribution >= 0.6 is 0 Å². The molecular weight excluding hydrogens is 877 g/mol. The summed E-state index contributed by atoms with van der Waals surface area (Å²) >= 11 is 0. The lowest BCUT2D eigenvalue weighted by atomic mass is 9.59. The van der Waals surface area contributed by atoms with Gasteiger partial charge in [-0.15, -0.1) is 0 Å². The Morgan fingerprint density at radius 3 is 1.07 bits per heavy atom. The maximum Gasteiger partial charge on any atom is 0.403 e. The van der Waals surface area contributed by atoms with E-state index in [1.165, 1.54) is 11.1 Å². The molecule has 22 atom stereocenters. The summed E-state index contributed by atoms with van der Waals surface area (Å²) in [6, 6.07) is 0. The molecular formula is C53H54N8O8+2. The summed E-state index contributed by atoms with van der Waals surface area (Å²) in [5.41, 5.74) is 2.44. The Balaban J connectivity index is 0.911. The van der Waals surface area contributed by atoms with Crippen LogP contribution in [0.15, 0.2) is 68.6 Å². The normalized spacial score (nSPS) is 54.7. The fraction of sp³-hybridized carbons (Fsp3) is 0.660. The molecule has 3 saturated carbocycles. The zero-order valence-electron chi connectivity index (χ0n) is 39.7. The van der Waals surface area contributed by atoms with E-state index in [1.54, 1.807) is 0 Å². The minimum absolute atomic E-state index is 0.00115. The van der Waals surface area contributed by atoms with E-state index in [0.717, 1.165) is 46.6 Å². The maximum atomic E-state index is 6.93. The highest BCUT2D eigenvalue weighted by Gasteiger charge is 2.84. The van der Waals surface area contributed by atoms with Crippen LogP contribution in [0, 0.1) is 71.0 Å². The molecule has 11 aliphatic heterocycles. The van der Waals surface area contributed by atoms with Crippen LogP contribution < -0.4 is 0 Å². The van der Waals surface area contributed by atoms with Crippen LogP contribution in [0.5, 0.6) is 0 Å². The Kier molecular flexibility index (Phi) is 5.77. The molecule has 24 rings (SSSR count). The summed E-state index contributed by atoms with van der Waals surface area (Å²) in [6.07, 6.45) is 18.4. The molecule has 5 saturated heterocycles. The van der Waals surface area contributed by atoms with Crippen molar-refractivity contribution in [3.05, 3.63) is 59.7 Å². The zero-order valence-corrected chi connectivity index (χ0v) is 39.7. The van der Waals surface area contributed by atoms with Crippen LogP contribution in [0.4, 0.5) is 11.6 Å². The third-order valence-electron chi connectivity index (χ3n) is 20.6. The third kappa shape index (κ3) is 3.71. The minimum Gasteiger partial charge on any atom is -0.344 e. The second-order valence-electron chi connectivity index (χ2n) is 25.5. The first-order valence-corrected chi connectivity index (χ1v) is 26.1. The Morgan fingerprint density at radius 2 is 0.710 bits per heavy atom. The van der Waals surface area contributed by atoms with E-state index in [2.05, 4.69) is 123 Å². The maximum absolute atomic E-state index is 6.93. The van der Waals surface area contributed by atoms with E-state index < -0.39 is 29.1 Å². The van der Waals surface area contributed by atoms with Crippen molar-refractivity contribution in [2.24, 2.45) is 91.0 Å². The number of hydrogen-bond donors (Lipinski definition) is 0. The molecule has 352 valence electrons. The molecule has 0 aromatic carbocycles. The molecule has 16 heteroatoms. The molecule has 16 nitrogen and oxygen atoms in total. The van der Waals surface area contributed by atoms with Gasteiger partial charge in [-0.05, 0) is 55.4 Å². The van der Waals surface area contributed by atoms with Gasteiger partial charge in [0.1, 0.15) is 0 Å². The average Bonchev–Trinajstić information content (AvgIpc) is 4.19. The standard InChI is InChI=1S/C53H54N8O8/c1-49(2)62-33-17-9-10-18(34(33)63-49)26-25(17)41-54-43-27-19-11-13-21(37-35(19)64-50(3,4)66-37)29(27)45-56-47-31-23-15-16-24(40-39(23)68-52(7,8)69-40)32(31)48-57-46-30-22-14-12-20(36-38(22)67-51(5,6)65-36)28(30)44-55-42(26)58(41)53(59(43)45,60(44)46)61(47)48/h9-30,33-40H,1-8H3/q+2. The highest BCUT2D eigenvalue weighted by molar-refractivity contribution is 6.21. The summed E-state index contributed by atoms with van der Waals surface area (Å²) in [5, 5.41) is 0. The van der Waals surface area contributed by atoms with Crippen molar-refractivity contribution >= 4 is 46.6 Å². The first-order chi connectivity index (χ1) is 33.1. The van der Waals surface area contributed by atoms with E-state index in [9.17, 15) is 0 Å². The van der Waals surface area contributed by atoms with Crippen LogP contribution in [-0.4, -0.2) is 126 Å². The molecule has 23 aliphatic rings. The quantitative estimate of drug-likeness (QED) is 0.257. The van der Waals surface area contributed by atoms with Gasteiger partial charge in [0.2, 0.25) is 11.6 Å². The fourth-order valence-corrected chi connectivity index (χ4v) is 19.1. The summed E-state index contributed by atoms with van der Waals surface area (Å²) in [7, 11) is 0. The number of aliphatic imine (C=N–C) groups is 4. The predicted octanol–water partition coefficient (Wildman–Crippen LogP) is 5.11. The van der Waals surface area contributed by atoms with Gasteiger partial charge in [-0.3, -0.25) is 0 Å². The molecule has 8 fully saturated rings. The lowest BCUT2D eigenvalue weighted by Crippen LogP contribution is -2.73. The van der Waals surface area contributed by atoms with Crippen molar-refractivity contribution in [2.75, 3.05) is 0 Å². The van der Waals surface area contributed by atoms with Crippen molar-refractivity contribution in [3.63, 3.8) is 0 Å². The SMILES string of the molecule is CC1(C)OC2C3C=CC(c4c3c3n5c4N=C4C6C7C=CC(C8OC(C)(C)OC78)C6C6=[N+]4C54N5C(=NC7=[N+]4C(=N3)C3C4C=CC(C8OC(C)(C)OC48)C73)C3C4C=CC(C7OC(C)(C)OC47)C3C5=N6)C2O1. The highest BCUT2D eigenvalue weighted by atomic mass is 16.8. The molecule has 0 N–H and O–H groups in total. The van der Waals surface area contributed by atoms with Crippen LogP contribution in [-0.2, 0) is 43.8 Å². The van der Waals surface area contributed by atoms with Crippen molar-refractivity contribution < 1.29 is 47.0 Å². The van der Waals surface area contributed by atoms with Crippen molar-refractivity contribution in [3.8, 4) is 0 Å². The van der Waals surface area contributed by atoms with Crippen LogP contribution in [0.2, 0.25) is 0 Å². The smallest absolute Gasteiger partial charge is 0.344 e. The van der Waals surface area contributed by atoms with Crippen molar-refractivity contribution in [1.29, 1.82) is 0 Å². The van der Waals surface area contributed by atoms with E-state index >= 15 is 0 Å². The molecule has 12 heterocycles. The lowest BCUT2D eigenvalue weighted by Gasteiger charge is -2.47. The van der Waals surface area contributed by atoms with Gasteiger partial charge in [0, 0.05) is 58.5 Å². The Labute approximate surface area is 397 Å². The molecule has 1 aromatic rings. The van der Waals surface area contributed by atoms with Gasteiger partial charge in [0.25, 0.3) is 23.3 Å². The summed E-state index contributed by atoms with van der Waals surface area (Å²) in [6.45, 7) is 16.5. The Morgan fingerprint density at radius 1 is 0.391 bits per heavy atom. The molecule has 1 spiro atoms. The fourth-order valence-electron chi connectivity index (χ4n) is 19.1. The van der Waals surface area contributed by atoms with E-state index in [4.69, 9.17) is 57.9 Å². The van der Waals surface area contributed by atoms with Gasteiger partial charge in [-0.25, -0.2) is 0 Å². The van der Waals surface area contributed by atoms with Crippen LogP contribution in [0.1, 0.15) is 78.4 Å². The zero-order chi connectivity index (χ0) is 45.4. The van der Waals surface area contributed by atoms with E-state index in [0.29, 0.717) is 0 Å². The number of rotatable bonds is 0. The summed E-state index contributed by atoms with van der Waals surface area (Å²) < 4.78 is 63.2. The molecule has 69 heavy (non-hydrogen) atoms. The lowest BCUT2D eigenvalue weighted by molar-refractivity contribution is -0.805. The van der Waals surface area contributed by atoms with Crippen LogP contribution in [0.25, 0.3) is 0 Å². The second kappa shape index (κ2) is 10.6. The van der Waals surface area contributed by atoms with Gasteiger partial charge in [0.05, 0.1) is 84.3 Å². The Bertz CT molecular complexity index is 3010. The number of ether oxygens (including phenoxy) is 8. The number of nitrogens with zero attached hydrogens (tertiary/aromatic N) is 8. The number of hydrogen-bond acceptors (Lipinski definition) is 13. The van der Waals surface area contributed by atoms with Gasteiger partial charge in [-0.1, -0.05) is 68.6 Å². The molecule has 1 aromatic heterocycles. The molecule has 12 aliphatic carbocycles. The van der Waals surface area contributed by atoms with Crippen LogP contribution in [0.3, 0.4) is 0 Å². The highest BCUT2D eigenvalue weighted by Crippen LogP contribution is 2.69. The number of amidine groups is 6. The molecule has 0 radical (unpaired) electrons. The number of aromatic nitrogens is 1. The first-order valence-electron chi connectivity index (χ1n) is 26.1. The van der Waals surface area contributed by atoms with Gasteiger partial charge >= 0.3 is 5.91 Å². The summed E-state index contributed by atoms with van der Waals surface area (Å²) in [4.78, 5) is 27.1. The molecule has 22 unspecified atom stereocenters. The second-order valence-corrected chi connectivity index (χ2v) is 25.5. The van der Waals surface area contributed by atoms with E-state index in [-0.39, 0.29) is 132 Å².